The summed E-state index contributed by atoms with van der Waals surface area (Å²) in [5, 5.41) is 4.56. The van der Waals surface area contributed by atoms with Crippen molar-refractivity contribution in [2.45, 2.75) is 0 Å². The Bertz CT molecular complexity index is 2510. The molecular formula is C42H26N4S2. The molecule has 0 fully saturated rings. The van der Waals surface area contributed by atoms with Gasteiger partial charge in [-0.05, 0) is 74.1 Å². The molecule has 0 atom stereocenters. The molecule has 0 aliphatic rings. The molecule has 9 rings (SSSR count). The van der Waals surface area contributed by atoms with E-state index in [9.17, 15) is 0 Å². The first-order chi connectivity index (χ1) is 23.8. The van der Waals surface area contributed by atoms with Gasteiger partial charge in [0, 0.05) is 47.0 Å². The van der Waals surface area contributed by atoms with Gasteiger partial charge < -0.3 is 0 Å². The number of thiazole rings is 2. The normalized spacial score (nSPS) is 11.3. The summed E-state index contributed by atoms with van der Waals surface area (Å²) >= 11 is 3.24. The Morgan fingerprint density at radius 1 is 0.354 bits per heavy atom. The van der Waals surface area contributed by atoms with E-state index in [1.807, 2.05) is 35.8 Å². The smallest absolute Gasteiger partial charge is 0.0797 e. The van der Waals surface area contributed by atoms with Gasteiger partial charge in [0.15, 0.2) is 0 Å². The van der Waals surface area contributed by atoms with E-state index in [2.05, 4.69) is 131 Å². The SMILES string of the molecule is c1ccc(-c2ccc(-c3ccc4c(-c5ccc(-c6cncs6)cn5)c5ccccc5c(-c5ccc(-c6cncs6)cn5)c4c3)cc2)cc1. The summed E-state index contributed by atoms with van der Waals surface area (Å²) in [6.45, 7) is 0. The molecule has 0 N–H and O–H groups in total. The standard InChI is InChI=1S/C42H26N4S2/c1-2-6-27(7-3-1)28-10-12-29(13-11-28)30-14-17-35-36(20-30)42(38-19-16-32(22-46-38)40-24-44-26-48-40)34-9-5-4-8-33(34)41(35)37-18-15-31(21-45-37)39-23-43-25-47-39/h1-26H. The Balaban J connectivity index is 1.26. The lowest BCUT2D eigenvalue weighted by atomic mass is 9.87. The van der Waals surface area contributed by atoms with Gasteiger partial charge in [0.05, 0.1) is 32.2 Å². The second-order valence-electron chi connectivity index (χ2n) is 11.6. The van der Waals surface area contributed by atoms with Gasteiger partial charge in [0.1, 0.15) is 0 Å². The van der Waals surface area contributed by atoms with E-state index < -0.39 is 0 Å². The monoisotopic (exact) mass is 650 g/mol. The molecule has 0 spiro atoms. The first-order valence-corrected chi connectivity index (χ1v) is 17.4. The molecule has 226 valence electrons. The van der Waals surface area contributed by atoms with Crippen molar-refractivity contribution in [1.82, 2.24) is 19.9 Å². The fourth-order valence-electron chi connectivity index (χ4n) is 6.49. The molecule has 0 saturated heterocycles. The first-order valence-electron chi connectivity index (χ1n) is 15.6. The molecule has 0 bridgehead atoms. The van der Waals surface area contributed by atoms with Crippen LogP contribution >= 0.6 is 22.7 Å². The van der Waals surface area contributed by atoms with Gasteiger partial charge in [-0.15, -0.1) is 22.7 Å². The Morgan fingerprint density at radius 2 is 0.812 bits per heavy atom. The number of rotatable bonds is 6. The third-order valence-electron chi connectivity index (χ3n) is 8.82. The minimum Gasteiger partial charge on any atom is -0.256 e. The summed E-state index contributed by atoms with van der Waals surface area (Å²) in [5.74, 6) is 0. The fraction of sp³-hybridized carbons (Fsp3) is 0. The van der Waals surface area contributed by atoms with Crippen molar-refractivity contribution in [1.29, 1.82) is 0 Å². The molecule has 0 unspecified atom stereocenters. The molecule has 0 amide bonds. The topological polar surface area (TPSA) is 51.6 Å². The first kappa shape index (κ1) is 28.4. The van der Waals surface area contributed by atoms with Gasteiger partial charge in [0.2, 0.25) is 0 Å². The minimum absolute atomic E-state index is 0.932. The summed E-state index contributed by atoms with van der Waals surface area (Å²) in [5.41, 5.74) is 14.7. The van der Waals surface area contributed by atoms with Crippen LogP contribution in [0.25, 0.3) is 87.2 Å². The average Bonchev–Trinajstić information content (AvgIpc) is 3.91. The predicted octanol–water partition coefficient (Wildman–Crippen LogP) is 11.7. The van der Waals surface area contributed by atoms with Crippen LogP contribution in [0.5, 0.6) is 0 Å². The van der Waals surface area contributed by atoms with E-state index in [4.69, 9.17) is 9.97 Å². The van der Waals surface area contributed by atoms with Crippen LogP contribution in [0.3, 0.4) is 0 Å². The number of nitrogens with zero attached hydrogens (tertiary/aromatic N) is 4. The summed E-state index contributed by atoms with van der Waals surface area (Å²) in [4.78, 5) is 20.8. The maximum absolute atomic E-state index is 5.05. The molecule has 5 aromatic carbocycles. The largest absolute Gasteiger partial charge is 0.256 e. The summed E-state index contributed by atoms with van der Waals surface area (Å²) < 4.78 is 0. The van der Waals surface area contributed by atoms with Crippen LogP contribution in [0, 0.1) is 0 Å². The average molecular weight is 651 g/mol. The van der Waals surface area contributed by atoms with Crippen LogP contribution in [0.4, 0.5) is 0 Å². The van der Waals surface area contributed by atoms with Crippen molar-refractivity contribution in [3.8, 4) is 65.6 Å². The molecule has 9 aromatic rings. The van der Waals surface area contributed by atoms with E-state index in [1.54, 1.807) is 22.7 Å². The lowest BCUT2D eigenvalue weighted by molar-refractivity contribution is 1.33. The molecule has 0 aliphatic carbocycles. The predicted molar refractivity (Wildman–Crippen MR) is 201 cm³/mol. The van der Waals surface area contributed by atoms with Crippen molar-refractivity contribution in [3.63, 3.8) is 0 Å². The Kier molecular flexibility index (Phi) is 7.15. The minimum atomic E-state index is 0.932. The Labute approximate surface area is 285 Å². The van der Waals surface area contributed by atoms with Crippen LogP contribution < -0.4 is 0 Å². The zero-order valence-electron chi connectivity index (χ0n) is 25.6. The van der Waals surface area contributed by atoms with Crippen molar-refractivity contribution >= 4 is 44.2 Å². The number of pyridine rings is 2. The number of benzene rings is 5. The molecule has 4 heterocycles. The maximum Gasteiger partial charge on any atom is 0.0797 e. The summed E-state index contributed by atoms with van der Waals surface area (Å²) in [7, 11) is 0. The van der Waals surface area contributed by atoms with Crippen LogP contribution in [-0.2, 0) is 0 Å². The van der Waals surface area contributed by atoms with Gasteiger partial charge in [0.25, 0.3) is 0 Å². The zero-order valence-corrected chi connectivity index (χ0v) is 27.2. The second-order valence-corrected chi connectivity index (χ2v) is 13.4. The van der Waals surface area contributed by atoms with Crippen LogP contribution in [0.2, 0.25) is 0 Å². The lowest BCUT2D eigenvalue weighted by Crippen LogP contribution is -1.94. The van der Waals surface area contributed by atoms with Gasteiger partial charge in [-0.25, -0.2) is 0 Å². The van der Waals surface area contributed by atoms with Crippen molar-refractivity contribution in [3.05, 3.63) is 157 Å². The third kappa shape index (κ3) is 5.08. The molecule has 4 nitrogen and oxygen atoms in total. The van der Waals surface area contributed by atoms with E-state index in [0.717, 1.165) is 76.1 Å². The van der Waals surface area contributed by atoms with E-state index in [1.165, 1.54) is 11.1 Å². The molecule has 48 heavy (non-hydrogen) atoms. The van der Waals surface area contributed by atoms with E-state index >= 15 is 0 Å². The highest BCUT2D eigenvalue weighted by atomic mass is 32.1. The van der Waals surface area contributed by atoms with E-state index in [0.29, 0.717) is 0 Å². The molecule has 0 saturated carbocycles. The fourth-order valence-corrected chi connectivity index (χ4v) is 7.71. The molecular weight excluding hydrogens is 625 g/mol. The van der Waals surface area contributed by atoms with Crippen LogP contribution in [-0.4, -0.2) is 19.9 Å². The molecule has 0 radical (unpaired) electrons. The summed E-state index contributed by atoms with van der Waals surface area (Å²) in [6.07, 6.45) is 7.70. The van der Waals surface area contributed by atoms with Crippen molar-refractivity contribution in [2.24, 2.45) is 0 Å². The van der Waals surface area contributed by atoms with Crippen molar-refractivity contribution < 1.29 is 0 Å². The molecule has 4 aromatic heterocycles. The Hall–Kier alpha value is -5.82. The highest BCUT2D eigenvalue weighted by Gasteiger charge is 2.19. The van der Waals surface area contributed by atoms with Crippen LogP contribution in [0.1, 0.15) is 0 Å². The Morgan fingerprint density at radius 3 is 1.33 bits per heavy atom. The van der Waals surface area contributed by atoms with Gasteiger partial charge >= 0.3 is 0 Å². The number of aromatic nitrogens is 4. The lowest BCUT2D eigenvalue weighted by Gasteiger charge is -2.18. The molecule has 6 heteroatoms. The highest BCUT2D eigenvalue weighted by molar-refractivity contribution is 7.13. The second kappa shape index (κ2) is 12.1. The number of hydrogen-bond donors (Lipinski definition) is 0. The third-order valence-corrected chi connectivity index (χ3v) is 10.5. The highest BCUT2D eigenvalue weighted by Crippen LogP contribution is 2.44. The maximum atomic E-state index is 5.05. The van der Waals surface area contributed by atoms with Gasteiger partial charge in [-0.2, -0.15) is 0 Å². The number of hydrogen-bond acceptors (Lipinski definition) is 6. The number of fused-ring (bicyclic) bond motifs is 2. The van der Waals surface area contributed by atoms with Crippen LogP contribution in [0.15, 0.2) is 157 Å². The quantitative estimate of drug-likeness (QED) is 0.168. The molecule has 0 aliphatic heterocycles. The van der Waals surface area contributed by atoms with Gasteiger partial charge in [-0.3, -0.25) is 19.9 Å². The van der Waals surface area contributed by atoms with E-state index in [-0.39, 0.29) is 0 Å². The zero-order chi connectivity index (χ0) is 31.9. The van der Waals surface area contributed by atoms with Crippen molar-refractivity contribution in [2.75, 3.05) is 0 Å². The summed E-state index contributed by atoms with van der Waals surface area (Å²) in [6, 6.07) is 43.3. The van der Waals surface area contributed by atoms with Gasteiger partial charge in [-0.1, -0.05) is 91.0 Å².